The van der Waals surface area contributed by atoms with Crippen molar-refractivity contribution in [1.82, 2.24) is 15.5 Å². The minimum absolute atomic E-state index is 0. The summed E-state index contributed by atoms with van der Waals surface area (Å²) in [5.41, 5.74) is 1.14. The van der Waals surface area contributed by atoms with Gasteiger partial charge in [-0.25, -0.2) is 0 Å². The van der Waals surface area contributed by atoms with Gasteiger partial charge in [-0.05, 0) is 39.8 Å². The summed E-state index contributed by atoms with van der Waals surface area (Å²) in [5, 5.41) is 6.68. The monoisotopic (exact) mass is 462 g/mol. The molecule has 0 heterocycles. The maximum absolute atomic E-state index is 5.41. The van der Waals surface area contributed by atoms with Gasteiger partial charge in [-0.1, -0.05) is 30.3 Å². The van der Waals surface area contributed by atoms with E-state index < -0.39 is 0 Å². The Balaban J connectivity index is 0.00000576. The van der Waals surface area contributed by atoms with E-state index in [0.717, 1.165) is 25.5 Å². The first kappa shape index (κ1) is 24.1. The van der Waals surface area contributed by atoms with Gasteiger partial charge in [-0.3, -0.25) is 9.89 Å². The number of nitrogens with zero attached hydrogens (tertiary/aromatic N) is 2. The molecule has 0 amide bonds. The Morgan fingerprint density at radius 3 is 2.44 bits per heavy atom. The van der Waals surface area contributed by atoms with Gasteiger partial charge in [0, 0.05) is 39.8 Å². The highest BCUT2D eigenvalue weighted by Gasteiger charge is 2.16. The maximum Gasteiger partial charge on any atom is 0.191 e. The molecule has 0 saturated heterocycles. The Kier molecular flexibility index (Phi) is 12.1. The van der Waals surface area contributed by atoms with Crippen LogP contribution in [0, 0.1) is 0 Å². The molecule has 0 radical (unpaired) electrons. The zero-order chi connectivity index (χ0) is 18.0. The van der Waals surface area contributed by atoms with Gasteiger partial charge in [0.25, 0.3) is 0 Å². The highest BCUT2D eigenvalue weighted by molar-refractivity contribution is 14.0. The van der Waals surface area contributed by atoms with Crippen LogP contribution >= 0.6 is 24.0 Å². The van der Waals surface area contributed by atoms with Crippen LogP contribution in [0.4, 0.5) is 0 Å². The molecule has 0 aliphatic rings. The Hall–Kier alpha value is -0.860. The number of nitrogens with one attached hydrogen (secondary N) is 2. The van der Waals surface area contributed by atoms with Crippen LogP contribution < -0.4 is 10.6 Å². The molecule has 0 saturated carbocycles. The van der Waals surface area contributed by atoms with Crippen molar-refractivity contribution in [2.75, 3.05) is 34.3 Å². The summed E-state index contributed by atoms with van der Waals surface area (Å²) in [7, 11) is 5.69. The lowest BCUT2D eigenvalue weighted by Gasteiger charge is -2.26. The zero-order valence-electron chi connectivity index (χ0n) is 16.5. The number of rotatable bonds is 9. The third-order valence-corrected chi connectivity index (χ3v) is 4.34. The second-order valence-corrected chi connectivity index (χ2v) is 6.85. The lowest BCUT2D eigenvalue weighted by molar-refractivity contribution is 0.0268. The average molecular weight is 462 g/mol. The van der Waals surface area contributed by atoms with Crippen LogP contribution in [-0.2, 0) is 11.3 Å². The Labute approximate surface area is 170 Å². The van der Waals surface area contributed by atoms with Gasteiger partial charge in [0.2, 0.25) is 0 Å². The lowest BCUT2D eigenvalue weighted by atomic mass is 10.1. The van der Waals surface area contributed by atoms with E-state index in [1.165, 1.54) is 5.56 Å². The number of methoxy groups -OCH3 is 1. The molecule has 0 aliphatic carbocycles. The predicted octanol–water partition coefficient (Wildman–Crippen LogP) is 3.11. The molecule has 1 aromatic carbocycles. The van der Waals surface area contributed by atoms with Gasteiger partial charge in [-0.2, -0.15) is 0 Å². The van der Waals surface area contributed by atoms with Crippen molar-refractivity contribution < 1.29 is 4.74 Å². The molecule has 1 unspecified atom stereocenters. The molecule has 6 heteroatoms. The molecule has 25 heavy (non-hydrogen) atoms. The predicted molar refractivity (Wildman–Crippen MR) is 118 cm³/mol. The SMILES string of the molecule is CN=C(NCCC(C)N(C)Cc1ccccc1)NCC(C)(C)OC.I. The van der Waals surface area contributed by atoms with Crippen LogP contribution in [-0.4, -0.2) is 56.8 Å². The summed E-state index contributed by atoms with van der Waals surface area (Å²) >= 11 is 0. The van der Waals surface area contributed by atoms with E-state index >= 15 is 0 Å². The van der Waals surface area contributed by atoms with Crippen LogP contribution in [0.2, 0.25) is 0 Å². The highest BCUT2D eigenvalue weighted by atomic mass is 127. The Morgan fingerprint density at radius 2 is 1.88 bits per heavy atom. The molecule has 0 bridgehead atoms. The molecule has 1 rings (SSSR count). The normalized spacial score (nSPS) is 13.3. The van der Waals surface area contributed by atoms with Crippen molar-refractivity contribution in [3.63, 3.8) is 0 Å². The van der Waals surface area contributed by atoms with Gasteiger partial charge in [0.05, 0.1) is 5.60 Å². The fraction of sp³-hybridized carbons (Fsp3) is 0.632. The van der Waals surface area contributed by atoms with Crippen LogP contribution in [0.3, 0.4) is 0 Å². The molecule has 0 aromatic heterocycles. The molecule has 1 atom stereocenters. The van der Waals surface area contributed by atoms with Crippen LogP contribution in [0.15, 0.2) is 35.3 Å². The van der Waals surface area contributed by atoms with E-state index in [1.807, 2.05) is 13.8 Å². The second kappa shape index (κ2) is 12.5. The number of guanidine groups is 1. The van der Waals surface area contributed by atoms with Crippen molar-refractivity contribution in [2.24, 2.45) is 4.99 Å². The summed E-state index contributed by atoms with van der Waals surface area (Å²) in [6, 6.07) is 11.1. The van der Waals surface area contributed by atoms with Gasteiger partial charge >= 0.3 is 0 Å². The van der Waals surface area contributed by atoms with Crippen molar-refractivity contribution in [1.29, 1.82) is 0 Å². The third-order valence-electron chi connectivity index (χ3n) is 4.34. The molecule has 0 spiro atoms. The molecule has 144 valence electrons. The molecule has 1 aromatic rings. The maximum atomic E-state index is 5.41. The van der Waals surface area contributed by atoms with Gasteiger partial charge in [0.15, 0.2) is 5.96 Å². The smallest absolute Gasteiger partial charge is 0.191 e. The first-order valence-corrected chi connectivity index (χ1v) is 8.62. The number of hydrogen-bond acceptors (Lipinski definition) is 3. The summed E-state index contributed by atoms with van der Waals surface area (Å²) in [6.07, 6.45) is 1.05. The summed E-state index contributed by atoms with van der Waals surface area (Å²) in [5.74, 6) is 0.818. The number of aliphatic imine (C=N–C) groups is 1. The van der Waals surface area contributed by atoms with E-state index in [2.05, 4.69) is 64.8 Å². The average Bonchev–Trinajstić information content (AvgIpc) is 2.58. The highest BCUT2D eigenvalue weighted by Crippen LogP contribution is 2.08. The summed E-state index contributed by atoms with van der Waals surface area (Å²) in [6.45, 7) is 8.92. The number of hydrogen-bond donors (Lipinski definition) is 2. The molecule has 5 nitrogen and oxygen atoms in total. The van der Waals surface area contributed by atoms with Crippen LogP contribution in [0.5, 0.6) is 0 Å². The quantitative estimate of drug-likeness (QED) is 0.337. The van der Waals surface area contributed by atoms with Crippen molar-refractivity contribution in [3.05, 3.63) is 35.9 Å². The van der Waals surface area contributed by atoms with Gasteiger partial charge in [-0.15, -0.1) is 24.0 Å². The minimum atomic E-state index is -0.208. The Morgan fingerprint density at radius 1 is 1.24 bits per heavy atom. The zero-order valence-corrected chi connectivity index (χ0v) is 18.8. The summed E-state index contributed by atoms with van der Waals surface area (Å²) in [4.78, 5) is 6.64. The number of ether oxygens (including phenoxy) is 1. The first-order chi connectivity index (χ1) is 11.4. The molecule has 2 N–H and O–H groups in total. The van der Waals surface area contributed by atoms with Crippen molar-refractivity contribution in [2.45, 2.75) is 45.4 Å². The number of halogens is 1. The second-order valence-electron chi connectivity index (χ2n) is 6.85. The van der Waals surface area contributed by atoms with E-state index in [-0.39, 0.29) is 29.6 Å². The van der Waals surface area contributed by atoms with E-state index in [1.54, 1.807) is 14.2 Å². The molecule has 0 aliphatic heterocycles. The van der Waals surface area contributed by atoms with Crippen molar-refractivity contribution >= 4 is 29.9 Å². The number of benzene rings is 1. The van der Waals surface area contributed by atoms with Gasteiger partial charge in [0.1, 0.15) is 0 Å². The van der Waals surface area contributed by atoms with Gasteiger partial charge < -0.3 is 15.4 Å². The van der Waals surface area contributed by atoms with E-state index in [0.29, 0.717) is 12.6 Å². The topological polar surface area (TPSA) is 48.9 Å². The molecular formula is C19H35IN4O. The standard InChI is InChI=1S/C19H34N4O.HI/c1-16(23(5)14-17-10-8-7-9-11-17)12-13-21-18(20-4)22-15-19(2,3)24-6;/h7-11,16H,12-15H2,1-6H3,(H2,20,21,22);1H. The Bertz CT molecular complexity index is 493. The third kappa shape index (κ3) is 10.0. The largest absolute Gasteiger partial charge is 0.377 e. The molecular weight excluding hydrogens is 427 g/mol. The van der Waals surface area contributed by atoms with Crippen LogP contribution in [0.25, 0.3) is 0 Å². The van der Waals surface area contributed by atoms with E-state index in [9.17, 15) is 0 Å². The summed E-state index contributed by atoms with van der Waals surface area (Å²) < 4.78 is 5.41. The minimum Gasteiger partial charge on any atom is -0.377 e. The van der Waals surface area contributed by atoms with Crippen molar-refractivity contribution in [3.8, 4) is 0 Å². The van der Waals surface area contributed by atoms with E-state index in [4.69, 9.17) is 4.74 Å². The fourth-order valence-electron chi connectivity index (χ4n) is 2.24. The lowest BCUT2D eigenvalue weighted by Crippen LogP contribution is -2.46. The first-order valence-electron chi connectivity index (χ1n) is 8.62. The van der Waals surface area contributed by atoms with Crippen LogP contribution in [0.1, 0.15) is 32.8 Å². The fourth-order valence-corrected chi connectivity index (χ4v) is 2.24. The molecule has 0 fully saturated rings.